The van der Waals surface area contributed by atoms with Gasteiger partial charge >= 0.3 is 0 Å². The zero-order valence-electron chi connectivity index (χ0n) is 11.5. The molecular formula is C18H15N3. The number of aromatic nitrogens is 3. The van der Waals surface area contributed by atoms with Crippen LogP contribution < -0.4 is 0 Å². The quantitative estimate of drug-likeness (QED) is 0.717. The summed E-state index contributed by atoms with van der Waals surface area (Å²) in [6.45, 7) is 0. The van der Waals surface area contributed by atoms with E-state index in [9.17, 15) is 0 Å². The largest absolute Gasteiger partial charge is 0.227 e. The smallest absolute Gasteiger partial charge is 0.106 e. The van der Waals surface area contributed by atoms with Crippen molar-refractivity contribution in [3.05, 3.63) is 83.7 Å². The van der Waals surface area contributed by atoms with Crippen molar-refractivity contribution in [2.24, 2.45) is 0 Å². The minimum absolute atomic E-state index is 0.830. The Hall–Kier alpha value is -2.94. The van der Waals surface area contributed by atoms with Crippen LogP contribution in [0.3, 0.4) is 0 Å². The Labute approximate surface area is 123 Å². The summed E-state index contributed by atoms with van der Waals surface area (Å²) in [7, 11) is 0. The Kier molecular flexibility index (Phi) is 4.03. The van der Waals surface area contributed by atoms with Crippen molar-refractivity contribution < 1.29 is 0 Å². The van der Waals surface area contributed by atoms with Gasteiger partial charge in [-0.05, 0) is 23.3 Å². The maximum Gasteiger partial charge on any atom is 0.106 e. The third kappa shape index (κ3) is 3.76. The van der Waals surface area contributed by atoms with Crippen LogP contribution in [-0.4, -0.2) is 15.0 Å². The topological polar surface area (TPSA) is 30.7 Å². The molecule has 0 atom stereocenters. The molecule has 0 aliphatic rings. The Balaban J connectivity index is 1.69. The van der Waals surface area contributed by atoms with Crippen LogP contribution in [-0.2, 0) is 0 Å². The molecule has 0 aliphatic heterocycles. The first-order valence-corrected chi connectivity index (χ1v) is 6.78. The highest BCUT2D eigenvalue weighted by molar-refractivity contribution is 5.68. The normalized spacial score (nSPS) is 11.4. The van der Waals surface area contributed by atoms with Gasteiger partial charge in [0.05, 0.1) is 6.20 Å². The van der Waals surface area contributed by atoms with E-state index >= 15 is 0 Å². The summed E-state index contributed by atoms with van der Waals surface area (Å²) in [6, 6.07) is 20.2. The Bertz CT molecular complexity index is 676. The molecule has 0 saturated carbocycles. The predicted molar refractivity (Wildman–Crippen MR) is 87.1 cm³/mol. The summed E-state index contributed by atoms with van der Waals surface area (Å²) >= 11 is 0. The fourth-order valence-corrected chi connectivity index (χ4v) is 1.91. The average molecular weight is 273 g/mol. The fraction of sp³-hybridized carbons (Fsp3) is 0. The second kappa shape index (κ2) is 6.48. The lowest BCUT2D eigenvalue weighted by Gasteiger charge is -1.91. The molecule has 0 aliphatic carbocycles. The van der Waals surface area contributed by atoms with Crippen molar-refractivity contribution in [2.75, 3.05) is 0 Å². The van der Waals surface area contributed by atoms with Crippen LogP contribution in [0, 0.1) is 0 Å². The maximum atomic E-state index is 4.12. The lowest BCUT2D eigenvalue weighted by molar-refractivity contribution is 0.841. The van der Waals surface area contributed by atoms with E-state index in [1.54, 1.807) is 4.68 Å². The van der Waals surface area contributed by atoms with E-state index in [0.29, 0.717) is 0 Å². The van der Waals surface area contributed by atoms with Gasteiger partial charge in [0.15, 0.2) is 0 Å². The van der Waals surface area contributed by atoms with E-state index in [0.717, 1.165) is 16.8 Å². The SMILES string of the molecule is C(=C\c1cn(/C=C/c2ccccc2)nn1)/c1ccccc1. The molecule has 3 nitrogen and oxygen atoms in total. The molecule has 3 heteroatoms. The first-order valence-electron chi connectivity index (χ1n) is 6.78. The number of benzene rings is 2. The van der Waals surface area contributed by atoms with Gasteiger partial charge in [0.25, 0.3) is 0 Å². The van der Waals surface area contributed by atoms with Crippen LogP contribution >= 0.6 is 0 Å². The summed E-state index contributed by atoms with van der Waals surface area (Å²) in [5.41, 5.74) is 3.11. The second-order valence-electron chi connectivity index (χ2n) is 4.59. The van der Waals surface area contributed by atoms with Gasteiger partial charge in [-0.1, -0.05) is 72.0 Å². The van der Waals surface area contributed by atoms with Crippen molar-refractivity contribution in [1.82, 2.24) is 15.0 Å². The molecule has 0 N–H and O–H groups in total. The van der Waals surface area contributed by atoms with Crippen molar-refractivity contribution in [1.29, 1.82) is 0 Å². The number of rotatable bonds is 4. The number of hydrogen-bond acceptors (Lipinski definition) is 2. The van der Waals surface area contributed by atoms with Crippen LogP contribution in [0.4, 0.5) is 0 Å². The second-order valence-corrected chi connectivity index (χ2v) is 4.59. The molecule has 0 amide bonds. The van der Waals surface area contributed by atoms with Crippen LogP contribution in [0.15, 0.2) is 66.9 Å². The van der Waals surface area contributed by atoms with Gasteiger partial charge in [-0.15, -0.1) is 5.10 Å². The minimum atomic E-state index is 0.830. The molecule has 0 saturated heterocycles. The van der Waals surface area contributed by atoms with E-state index < -0.39 is 0 Å². The third-order valence-electron chi connectivity index (χ3n) is 2.99. The summed E-state index contributed by atoms with van der Waals surface area (Å²) < 4.78 is 1.71. The van der Waals surface area contributed by atoms with Crippen LogP contribution in [0.1, 0.15) is 16.8 Å². The van der Waals surface area contributed by atoms with Crippen LogP contribution in [0.2, 0.25) is 0 Å². The molecule has 0 fully saturated rings. The first-order chi connectivity index (χ1) is 10.4. The molecule has 2 aromatic carbocycles. The highest BCUT2D eigenvalue weighted by Crippen LogP contribution is 2.06. The zero-order valence-corrected chi connectivity index (χ0v) is 11.5. The summed E-state index contributed by atoms with van der Waals surface area (Å²) in [5, 5.41) is 8.19. The minimum Gasteiger partial charge on any atom is -0.227 e. The van der Waals surface area contributed by atoms with E-state index in [-0.39, 0.29) is 0 Å². The molecule has 1 heterocycles. The molecule has 0 spiro atoms. The standard InChI is InChI=1S/C18H15N3/c1-3-7-16(8-4-1)11-12-18-15-21(20-19-18)14-13-17-9-5-2-6-10-17/h1-15H/b12-11+,14-13+. The van der Waals surface area contributed by atoms with E-state index in [4.69, 9.17) is 0 Å². The summed E-state index contributed by atoms with van der Waals surface area (Å²) in [4.78, 5) is 0. The van der Waals surface area contributed by atoms with Crippen LogP contribution in [0.5, 0.6) is 0 Å². The summed E-state index contributed by atoms with van der Waals surface area (Å²) in [6.07, 6.45) is 9.75. The van der Waals surface area contributed by atoms with Gasteiger partial charge in [0, 0.05) is 6.20 Å². The maximum absolute atomic E-state index is 4.12. The van der Waals surface area contributed by atoms with Crippen molar-refractivity contribution in [2.45, 2.75) is 0 Å². The molecule has 0 unspecified atom stereocenters. The van der Waals surface area contributed by atoms with Gasteiger partial charge in [-0.3, -0.25) is 0 Å². The Morgan fingerprint density at radius 1 is 0.714 bits per heavy atom. The van der Waals surface area contributed by atoms with Crippen molar-refractivity contribution in [3.8, 4) is 0 Å². The molecular weight excluding hydrogens is 258 g/mol. The Morgan fingerprint density at radius 2 is 1.33 bits per heavy atom. The number of nitrogens with zero attached hydrogens (tertiary/aromatic N) is 3. The predicted octanol–water partition coefficient (Wildman–Crippen LogP) is 4.08. The van der Waals surface area contributed by atoms with Gasteiger partial charge in [-0.2, -0.15) is 0 Å². The monoisotopic (exact) mass is 273 g/mol. The van der Waals surface area contributed by atoms with Gasteiger partial charge in [0.2, 0.25) is 0 Å². The highest BCUT2D eigenvalue weighted by Gasteiger charge is 1.94. The zero-order chi connectivity index (χ0) is 14.3. The molecule has 1 aromatic heterocycles. The lowest BCUT2D eigenvalue weighted by atomic mass is 10.2. The lowest BCUT2D eigenvalue weighted by Crippen LogP contribution is -1.85. The molecule has 3 aromatic rings. The third-order valence-corrected chi connectivity index (χ3v) is 2.99. The van der Waals surface area contributed by atoms with Gasteiger partial charge in [0.1, 0.15) is 5.69 Å². The average Bonchev–Trinajstić information content (AvgIpc) is 3.01. The Morgan fingerprint density at radius 3 is 2.00 bits per heavy atom. The molecule has 0 bridgehead atoms. The van der Waals surface area contributed by atoms with E-state index in [1.165, 1.54) is 0 Å². The van der Waals surface area contributed by atoms with Crippen LogP contribution in [0.25, 0.3) is 24.4 Å². The molecule has 0 radical (unpaired) electrons. The van der Waals surface area contributed by atoms with Gasteiger partial charge in [-0.25, -0.2) is 4.68 Å². The molecule has 102 valence electrons. The van der Waals surface area contributed by atoms with E-state index in [2.05, 4.69) is 22.4 Å². The highest BCUT2D eigenvalue weighted by atomic mass is 15.4. The number of hydrogen-bond donors (Lipinski definition) is 0. The van der Waals surface area contributed by atoms with Crippen molar-refractivity contribution >= 4 is 24.4 Å². The first kappa shape index (κ1) is 13.1. The van der Waals surface area contributed by atoms with Gasteiger partial charge < -0.3 is 0 Å². The summed E-state index contributed by atoms with van der Waals surface area (Å²) in [5.74, 6) is 0. The van der Waals surface area contributed by atoms with Crippen molar-refractivity contribution in [3.63, 3.8) is 0 Å². The van der Waals surface area contributed by atoms with E-state index in [1.807, 2.05) is 79.2 Å². The molecule has 21 heavy (non-hydrogen) atoms. The fourth-order valence-electron chi connectivity index (χ4n) is 1.91. The molecule has 3 rings (SSSR count).